The Morgan fingerprint density at radius 2 is 1.75 bits per heavy atom. The summed E-state index contributed by atoms with van der Waals surface area (Å²) in [7, 11) is 0. The van der Waals surface area contributed by atoms with E-state index < -0.39 is 0 Å². The molecule has 16 heavy (non-hydrogen) atoms. The lowest BCUT2D eigenvalue weighted by atomic mass is 10.1. The summed E-state index contributed by atoms with van der Waals surface area (Å²) in [5, 5.41) is 10.1. The molecule has 88 valence electrons. The summed E-state index contributed by atoms with van der Waals surface area (Å²) >= 11 is 0. The Balaban J connectivity index is 0.00000106. The predicted molar refractivity (Wildman–Crippen MR) is 69.2 cm³/mol. The number of rotatable bonds is 3. The Labute approximate surface area is 97.4 Å². The van der Waals surface area contributed by atoms with E-state index in [1.54, 1.807) is 19.1 Å². The van der Waals surface area contributed by atoms with Gasteiger partial charge in [-0.25, -0.2) is 0 Å². The molecule has 0 radical (unpaired) electrons. The molecule has 0 fully saturated rings. The van der Waals surface area contributed by atoms with Gasteiger partial charge in [-0.15, -0.1) is 0 Å². The molecule has 1 rings (SSSR count). The molecule has 0 aliphatic rings. The first-order valence-corrected chi connectivity index (χ1v) is 5.59. The van der Waals surface area contributed by atoms with Crippen LogP contribution in [0.3, 0.4) is 0 Å². The van der Waals surface area contributed by atoms with E-state index in [1.807, 2.05) is 32.9 Å². The molecule has 0 aromatic heterocycles. The summed E-state index contributed by atoms with van der Waals surface area (Å²) in [4.78, 5) is 11.0. The lowest BCUT2D eigenvalue weighted by Crippen LogP contribution is -2.09. The average Bonchev–Trinajstić information content (AvgIpc) is 2.32. The summed E-state index contributed by atoms with van der Waals surface area (Å²) < 4.78 is 0. The first-order valence-electron chi connectivity index (χ1n) is 5.59. The molecule has 0 aliphatic heterocycles. The third-order valence-corrected chi connectivity index (χ3v) is 1.92. The Morgan fingerprint density at radius 3 is 2.12 bits per heavy atom. The monoisotopic (exact) mass is 220 g/mol. The van der Waals surface area contributed by atoms with Gasteiger partial charge in [-0.05, 0) is 24.6 Å². The number of nitrogens with one attached hydrogen (secondary N) is 2. The zero-order valence-corrected chi connectivity index (χ0v) is 10.4. The second-order valence-corrected chi connectivity index (χ2v) is 3.10. The fraction of sp³-hybridized carbons (Fsp3) is 0.385. The normalized spacial score (nSPS) is 8.75. The zero-order valence-electron chi connectivity index (χ0n) is 10.4. The van der Waals surface area contributed by atoms with Gasteiger partial charge >= 0.3 is 0 Å². The zero-order chi connectivity index (χ0) is 12.6. The number of carbonyl (C=O) groups excluding carboxylic acids is 1. The van der Waals surface area contributed by atoms with Crippen LogP contribution in [0.4, 0.5) is 5.69 Å². The van der Waals surface area contributed by atoms with Gasteiger partial charge in [0.1, 0.15) is 0 Å². The molecule has 0 spiro atoms. The highest BCUT2D eigenvalue weighted by Crippen LogP contribution is 2.10. The largest absolute Gasteiger partial charge is 0.326 e. The van der Waals surface area contributed by atoms with Gasteiger partial charge in [-0.3, -0.25) is 4.79 Å². The number of carbonyl (C=O) groups is 1. The molecule has 2 N–H and O–H groups in total. The van der Waals surface area contributed by atoms with Crippen LogP contribution >= 0.6 is 0 Å². The first kappa shape index (κ1) is 14.4. The highest BCUT2D eigenvalue weighted by atomic mass is 16.1. The summed E-state index contributed by atoms with van der Waals surface area (Å²) in [5.41, 5.74) is 2.18. The van der Waals surface area contributed by atoms with E-state index in [0.29, 0.717) is 12.1 Å². The highest BCUT2D eigenvalue weighted by Gasteiger charge is 1.99. The van der Waals surface area contributed by atoms with E-state index in [4.69, 9.17) is 5.41 Å². The van der Waals surface area contributed by atoms with Crippen LogP contribution in [-0.2, 0) is 4.79 Å². The van der Waals surface area contributed by atoms with Crippen LogP contribution in [0.15, 0.2) is 24.3 Å². The third-order valence-electron chi connectivity index (χ3n) is 1.92. The Kier molecular flexibility index (Phi) is 6.84. The van der Waals surface area contributed by atoms with Crippen LogP contribution in [0.1, 0.15) is 39.7 Å². The molecule has 0 heterocycles. The van der Waals surface area contributed by atoms with Crippen LogP contribution in [0, 0.1) is 5.41 Å². The van der Waals surface area contributed by atoms with Crippen molar-refractivity contribution in [1.29, 1.82) is 5.41 Å². The molecule has 1 aromatic carbocycles. The number of anilines is 1. The molecule has 0 bridgehead atoms. The first-order chi connectivity index (χ1) is 7.63. The Hall–Kier alpha value is -1.64. The fourth-order valence-electron chi connectivity index (χ4n) is 1.05. The molecule has 0 aliphatic carbocycles. The molecule has 3 heteroatoms. The van der Waals surface area contributed by atoms with Crippen molar-refractivity contribution in [3.63, 3.8) is 0 Å². The minimum Gasteiger partial charge on any atom is -0.326 e. The van der Waals surface area contributed by atoms with Gasteiger partial charge in [0, 0.05) is 17.8 Å². The molecular weight excluding hydrogens is 200 g/mol. The maximum absolute atomic E-state index is 11.0. The maximum atomic E-state index is 11.0. The van der Waals surface area contributed by atoms with Gasteiger partial charge in [-0.1, -0.05) is 32.9 Å². The summed E-state index contributed by atoms with van der Waals surface area (Å²) in [5.74, 6) is 0.00400. The summed E-state index contributed by atoms with van der Waals surface area (Å²) in [6.07, 6.45) is 0.478. The second-order valence-electron chi connectivity index (χ2n) is 3.10. The molecule has 0 saturated carbocycles. The van der Waals surface area contributed by atoms with Crippen LogP contribution in [0.25, 0.3) is 0 Å². The predicted octanol–water partition coefficient (Wildman–Crippen LogP) is 3.45. The van der Waals surface area contributed by atoms with Crippen LogP contribution < -0.4 is 5.32 Å². The standard InChI is InChI=1S/C11H14N2O.C2H6/c1-3-11(14)13-10-6-4-9(5-7-10)8(2)12;1-2/h4-7,12H,3H2,1-2H3,(H,13,14);1-2H3. The topological polar surface area (TPSA) is 53.0 Å². The van der Waals surface area contributed by atoms with Gasteiger partial charge in [0.15, 0.2) is 0 Å². The third kappa shape index (κ3) is 4.73. The van der Waals surface area contributed by atoms with Crippen molar-refractivity contribution >= 4 is 17.3 Å². The van der Waals surface area contributed by atoms with E-state index in [9.17, 15) is 4.79 Å². The van der Waals surface area contributed by atoms with E-state index in [0.717, 1.165) is 11.3 Å². The average molecular weight is 220 g/mol. The van der Waals surface area contributed by atoms with Crippen molar-refractivity contribution < 1.29 is 4.79 Å². The van der Waals surface area contributed by atoms with Gasteiger partial charge in [-0.2, -0.15) is 0 Å². The lowest BCUT2D eigenvalue weighted by Gasteiger charge is -2.04. The van der Waals surface area contributed by atoms with Gasteiger partial charge < -0.3 is 10.7 Å². The van der Waals surface area contributed by atoms with Gasteiger partial charge in [0.2, 0.25) is 5.91 Å². The quantitative estimate of drug-likeness (QED) is 0.753. The van der Waals surface area contributed by atoms with Crippen LogP contribution in [0.2, 0.25) is 0 Å². The van der Waals surface area contributed by atoms with Crippen molar-refractivity contribution in [3.05, 3.63) is 29.8 Å². The summed E-state index contributed by atoms with van der Waals surface area (Å²) in [6.45, 7) is 7.55. The Bertz CT molecular complexity index is 341. The van der Waals surface area contributed by atoms with Crippen molar-refractivity contribution in [2.24, 2.45) is 0 Å². The molecule has 1 amide bonds. The van der Waals surface area contributed by atoms with E-state index >= 15 is 0 Å². The molecule has 1 aromatic rings. The van der Waals surface area contributed by atoms with Crippen molar-refractivity contribution in [1.82, 2.24) is 0 Å². The molecule has 3 nitrogen and oxygen atoms in total. The van der Waals surface area contributed by atoms with Crippen LogP contribution in [-0.4, -0.2) is 11.6 Å². The minimum atomic E-state index is 0.00400. The fourth-order valence-corrected chi connectivity index (χ4v) is 1.05. The van der Waals surface area contributed by atoms with Crippen LogP contribution in [0.5, 0.6) is 0 Å². The molecule has 0 saturated heterocycles. The minimum absolute atomic E-state index is 0.00400. The molecule has 0 atom stereocenters. The highest BCUT2D eigenvalue weighted by molar-refractivity contribution is 5.97. The van der Waals surface area contributed by atoms with Crippen molar-refractivity contribution in [2.45, 2.75) is 34.1 Å². The lowest BCUT2D eigenvalue weighted by molar-refractivity contribution is -0.115. The number of hydrogen-bond acceptors (Lipinski definition) is 2. The number of amides is 1. The van der Waals surface area contributed by atoms with Crippen molar-refractivity contribution in [2.75, 3.05) is 5.32 Å². The second kappa shape index (κ2) is 7.63. The van der Waals surface area contributed by atoms with E-state index in [1.165, 1.54) is 0 Å². The summed E-state index contributed by atoms with van der Waals surface area (Å²) in [6, 6.07) is 7.27. The number of benzene rings is 1. The maximum Gasteiger partial charge on any atom is 0.224 e. The van der Waals surface area contributed by atoms with Crippen molar-refractivity contribution in [3.8, 4) is 0 Å². The Morgan fingerprint density at radius 1 is 1.25 bits per heavy atom. The molecular formula is C13H20N2O. The van der Waals surface area contributed by atoms with Gasteiger partial charge in [0.05, 0.1) is 0 Å². The molecule has 0 unspecified atom stereocenters. The van der Waals surface area contributed by atoms with E-state index in [2.05, 4.69) is 5.32 Å². The smallest absolute Gasteiger partial charge is 0.224 e. The van der Waals surface area contributed by atoms with E-state index in [-0.39, 0.29) is 5.91 Å². The van der Waals surface area contributed by atoms with Gasteiger partial charge in [0.25, 0.3) is 0 Å². The SMILES string of the molecule is CC.CCC(=O)Nc1ccc(C(C)=N)cc1. The number of hydrogen-bond donors (Lipinski definition) is 2.